The van der Waals surface area contributed by atoms with Gasteiger partial charge >= 0.3 is 0 Å². The third-order valence-electron chi connectivity index (χ3n) is 8.27. The minimum absolute atomic E-state index is 0.122. The van der Waals surface area contributed by atoms with Crippen molar-refractivity contribution in [3.05, 3.63) is 47.5 Å². The highest BCUT2D eigenvalue weighted by atomic mass is 16.7. The van der Waals surface area contributed by atoms with Crippen LogP contribution in [0.15, 0.2) is 36.4 Å². The number of nitrogens with zero attached hydrogens (tertiary/aromatic N) is 2. The summed E-state index contributed by atoms with van der Waals surface area (Å²) in [6.45, 7) is 10.2. The van der Waals surface area contributed by atoms with Gasteiger partial charge in [-0.15, -0.1) is 0 Å². The number of hydrogen-bond acceptors (Lipinski definition) is 5. The third-order valence-corrected chi connectivity index (χ3v) is 8.27. The molecule has 1 saturated heterocycles. The van der Waals surface area contributed by atoms with Gasteiger partial charge in [-0.3, -0.25) is 0 Å². The van der Waals surface area contributed by atoms with Crippen molar-refractivity contribution in [2.24, 2.45) is 5.92 Å². The van der Waals surface area contributed by atoms with Gasteiger partial charge in [0.15, 0.2) is 11.5 Å². The maximum Gasteiger partial charge on any atom is 0.231 e. The molecule has 1 unspecified atom stereocenters. The van der Waals surface area contributed by atoms with Gasteiger partial charge in [-0.2, -0.15) is 0 Å². The molecule has 4 heterocycles. The van der Waals surface area contributed by atoms with Crippen molar-refractivity contribution in [1.29, 1.82) is 0 Å². The van der Waals surface area contributed by atoms with Crippen LogP contribution in [0.5, 0.6) is 17.2 Å². The Morgan fingerprint density at radius 2 is 1.69 bits per heavy atom. The standard InChI is InChI=1S/C27H34N2O3/c1-3-20(4-2)28-11-9-19(10-12-28)15-29-16-27(21-7-5-6-8-23(21)29)17-30-24-14-26-25(13-22(24)27)31-18-32-26/h5-8,13-14,19-20H,3-4,9-12,15-18H2,1-2H3. The average molecular weight is 435 g/mol. The molecule has 5 heteroatoms. The van der Waals surface area contributed by atoms with Crippen LogP contribution in [0.4, 0.5) is 5.69 Å². The van der Waals surface area contributed by atoms with Crippen LogP contribution in [-0.4, -0.2) is 50.5 Å². The summed E-state index contributed by atoms with van der Waals surface area (Å²) in [5.41, 5.74) is 3.90. The van der Waals surface area contributed by atoms with Crippen LogP contribution in [0.3, 0.4) is 0 Å². The number of ether oxygens (including phenoxy) is 3. The molecule has 4 aliphatic rings. The largest absolute Gasteiger partial charge is 0.492 e. The fourth-order valence-corrected chi connectivity index (χ4v) is 6.48. The summed E-state index contributed by atoms with van der Waals surface area (Å²) >= 11 is 0. The number of para-hydroxylation sites is 1. The average Bonchev–Trinajstić information content (AvgIpc) is 3.52. The van der Waals surface area contributed by atoms with Crippen molar-refractivity contribution in [3.63, 3.8) is 0 Å². The number of benzene rings is 2. The predicted molar refractivity (Wildman–Crippen MR) is 126 cm³/mol. The van der Waals surface area contributed by atoms with E-state index in [4.69, 9.17) is 14.2 Å². The summed E-state index contributed by atoms with van der Waals surface area (Å²) in [6.07, 6.45) is 5.13. The number of piperidine rings is 1. The molecule has 1 atom stereocenters. The number of rotatable bonds is 5. The van der Waals surface area contributed by atoms with E-state index in [-0.39, 0.29) is 5.41 Å². The van der Waals surface area contributed by atoms with Gasteiger partial charge in [0.05, 0.1) is 5.41 Å². The van der Waals surface area contributed by atoms with E-state index >= 15 is 0 Å². The van der Waals surface area contributed by atoms with E-state index in [1.165, 1.54) is 55.6 Å². The summed E-state index contributed by atoms with van der Waals surface area (Å²) in [5, 5.41) is 0. The molecule has 0 N–H and O–H groups in total. The molecule has 5 nitrogen and oxygen atoms in total. The molecule has 32 heavy (non-hydrogen) atoms. The number of anilines is 1. The first-order valence-electron chi connectivity index (χ1n) is 12.4. The van der Waals surface area contributed by atoms with Crippen LogP contribution in [0.2, 0.25) is 0 Å². The molecule has 2 aromatic rings. The second-order valence-corrected chi connectivity index (χ2v) is 9.92. The molecular weight excluding hydrogens is 400 g/mol. The molecule has 2 aromatic carbocycles. The van der Waals surface area contributed by atoms with E-state index < -0.39 is 0 Å². The van der Waals surface area contributed by atoms with Gasteiger partial charge in [0.1, 0.15) is 12.4 Å². The van der Waals surface area contributed by atoms with Gasteiger partial charge < -0.3 is 24.0 Å². The lowest BCUT2D eigenvalue weighted by atomic mass is 9.77. The lowest BCUT2D eigenvalue weighted by Gasteiger charge is -2.38. The van der Waals surface area contributed by atoms with E-state index in [1.54, 1.807) is 0 Å². The molecule has 0 radical (unpaired) electrons. The van der Waals surface area contributed by atoms with E-state index in [2.05, 4.69) is 54.0 Å². The van der Waals surface area contributed by atoms with Crippen LogP contribution < -0.4 is 19.1 Å². The van der Waals surface area contributed by atoms with Gasteiger partial charge in [-0.1, -0.05) is 32.0 Å². The Morgan fingerprint density at radius 1 is 0.938 bits per heavy atom. The molecule has 6 rings (SSSR count). The number of fused-ring (bicyclic) bond motifs is 5. The Hall–Kier alpha value is -2.40. The molecule has 1 fully saturated rings. The lowest BCUT2D eigenvalue weighted by molar-refractivity contribution is 0.127. The SMILES string of the molecule is CCC(CC)N1CCC(CN2CC3(COc4cc5c(cc43)OCO5)c3ccccc32)CC1. The van der Waals surface area contributed by atoms with Crippen molar-refractivity contribution in [2.75, 3.05) is 44.5 Å². The zero-order valence-electron chi connectivity index (χ0n) is 19.3. The Bertz CT molecular complexity index is 996. The zero-order chi connectivity index (χ0) is 21.7. The summed E-state index contributed by atoms with van der Waals surface area (Å²) in [6, 6.07) is 13.9. The monoisotopic (exact) mass is 434 g/mol. The fourth-order valence-electron chi connectivity index (χ4n) is 6.48. The van der Waals surface area contributed by atoms with Crippen molar-refractivity contribution in [1.82, 2.24) is 4.90 Å². The summed E-state index contributed by atoms with van der Waals surface area (Å²) < 4.78 is 17.6. The van der Waals surface area contributed by atoms with Gasteiger partial charge in [0.2, 0.25) is 6.79 Å². The van der Waals surface area contributed by atoms with Crippen molar-refractivity contribution >= 4 is 5.69 Å². The Labute approximate surface area is 191 Å². The van der Waals surface area contributed by atoms with E-state index in [0.717, 1.165) is 42.3 Å². The molecule has 0 bridgehead atoms. The van der Waals surface area contributed by atoms with Crippen LogP contribution in [-0.2, 0) is 5.41 Å². The highest BCUT2D eigenvalue weighted by Crippen LogP contribution is 2.54. The van der Waals surface area contributed by atoms with Crippen LogP contribution in [0, 0.1) is 5.92 Å². The first-order chi connectivity index (χ1) is 15.7. The Morgan fingerprint density at radius 3 is 2.47 bits per heavy atom. The fraction of sp³-hybridized carbons (Fsp3) is 0.556. The molecule has 1 spiro atoms. The quantitative estimate of drug-likeness (QED) is 0.674. The minimum Gasteiger partial charge on any atom is -0.492 e. The molecule has 0 aromatic heterocycles. The highest BCUT2D eigenvalue weighted by molar-refractivity contribution is 5.70. The summed E-state index contributed by atoms with van der Waals surface area (Å²) in [5.74, 6) is 3.35. The van der Waals surface area contributed by atoms with Gasteiger partial charge in [0.25, 0.3) is 0 Å². The number of hydrogen-bond donors (Lipinski definition) is 0. The molecule has 0 saturated carbocycles. The minimum atomic E-state index is -0.122. The molecule has 4 aliphatic heterocycles. The molecule has 0 amide bonds. The second-order valence-electron chi connectivity index (χ2n) is 9.92. The lowest BCUT2D eigenvalue weighted by Crippen LogP contribution is -2.44. The van der Waals surface area contributed by atoms with E-state index in [9.17, 15) is 0 Å². The third kappa shape index (κ3) is 3.08. The maximum atomic E-state index is 6.25. The van der Waals surface area contributed by atoms with Gasteiger partial charge in [-0.25, -0.2) is 0 Å². The van der Waals surface area contributed by atoms with Crippen LogP contribution in [0.25, 0.3) is 0 Å². The van der Waals surface area contributed by atoms with Crippen molar-refractivity contribution in [2.45, 2.75) is 51.0 Å². The van der Waals surface area contributed by atoms with Crippen LogP contribution in [0.1, 0.15) is 50.7 Å². The first kappa shape index (κ1) is 20.2. The second kappa shape index (κ2) is 7.87. The van der Waals surface area contributed by atoms with Crippen molar-refractivity contribution < 1.29 is 14.2 Å². The first-order valence-corrected chi connectivity index (χ1v) is 12.4. The Balaban J connectivity index is 1.25. The normalized spacial score (nSPS) is 24.3. The highest BCUT2D eigenvalue weighted by Gasteiger charge is 2.50. The maximum absolute atomic E-state index is 6.25. The summed E-state index contributed by atoms with van der Waals surface area (Å²) in [4.78, 5) is 5.36. The molecule has 170 valence electrons. The zero-order valence-corrected chi connectivity index (χ0v) is 19.3. The van der Waals surface area contributed by atoms with Crippen molar-refractivity contribution in [3.8, 4) is 17.2 Å². The summed E-state index contributed by atoms with van der Waals surface area (Å²) in [7, 11) is 0. The van der Waals surface area contributed by atoms with E-state index in [0.29, 0.717) is 13.4 Å². The smallest absolute Gasteiger partial charge is 0.231 e. The van der Waals surface area contributed by atoms with Gasteiger partial charge in [-0.05, 0) is 62.4 Å². The predicted octanol–water partition coefficient (Wildman–Crippen LogP) is 4.81. The Kier molecular flexibility index (Phi) is 4.98. The topological polar surface area (TPSA) is 34.2 Å². The van der Waals surface area contributed by atoms with Crippen LogP contribution >= 0.6 is 0 Å². The molecular formula is C27H34N2O3. The van der Waals surface area contributed by atoms with E-state index in [1.807, 2.05) is 6.07 Å². The van der Waals surface area contributed by atoms with Gasteiger partial charge in [0, 0.05) is 36.4 Å². The number of likely N-dealkylation sites (tertiary alicyclic amines) is 1. The molecule has 0 aliphatic carbocycles.